The zero-order valence-electron chi connectivity index (χ0n) is 16.9. The van der Waals surface area contributed by atoms with Gasteiger partial charge in [-0.2, -0.15) is 0 Å². The van der Waals surface area contributed by atoms with E-state index in [0.717, 1.165) is 23.8 Å². The molecule has 1 aliphatic heterocycles. The van der Waals surface area contributed by atoms with Gasteiger partial charge in [-0.05, 0) is 47.2 Å². The van der Waals surface area contributed by atoms with Crippen LogP contribution < -0.4 is 10.6 Å². The maximum Gasteiger partial charge on any atom is 0.315 e. The summed E-state index contributed by atoms with van der Waals surface area (Å²) in [6.45, 7) is 2.54. The van der Waals surface area contributed by atoms with Crippen LogP contribution >= 0.6 is 0 Å². The van der Waals surface area contributed by atoms with E-state index in [0.29, 0.717) is 37.7 Å². The highest BCUT2D eigenvalue weighted by Crippen LogP contribution is 2.19. The summed E-state index contributed by atoms with van der Waals surface area (Å²) in [6, 6.07) is 17.6. The van der Waals surface area contributed by atoms with Crippen LogP contribution in [-0.2, 0) is 6.54 Å². The molecule has 0 spiro atoms. The molecular weight excluding hydrogens is 376 g/mol. The van der Waals surface area contributed by atoms with Crippen LogP contribution in [0, 0.1) is 5.92 Å². The zero-order chi connectivity index (χ0) is 20.8. The van der Waals surface area contributed by atoms with Gasteiger partial charge in [-0.1, -0.05) is 42.5 Å². The van der Waals surface area contributed by atoms with Crippen molar-refractivity contribution in [2.24, 2.45) is 5.92 Å². The van der Waals surface area contributed by atoms with Gasteiger partial charge >= 0.3 is 6.03 Å². The van der Waals surface area contributed by atoms with Crippen molar-refractivity contribution in [3.63, 3.8) is 0 Å². The molecule has 0 aliphatic carbocycles. The molecule has 4 rings (SSSR count). The third kappa shape index (κ3) is 4.76. The molecule has 0 radical (unpaired) electrons. The molecule has 0 atom stereocenters. The fourth-order valence-corrected chi connectivity index (χ4v) is 3.94. The molecule has 6 nitrogen and oxygen atoms in total. The first-order chi connectivity index (χ1) is 14.7. The first kappa shape index (κ1) is 19.9. The molecule has 1 saturated heterocycles. The number of fused-ring (bicyclic) bond motifs is 1. The molecule has 1 fully saturated rings. The molecule has 2 aromatic carbocycles. The van der Waals surface area contributed by atoms with E-state index in [1.165, 1.54) is 5.39 Å². The molecular formula is C24H26N4O2. The lowest BCUT2D eigenvalue weighted by Gasteiger charge is -2.32. The largest absolute Gasteiger partial charge is 0.339 e. The Labute approximate surface area is 176 Å². The van der Waals surface area contributed by atoms with Gasteiger partial charge in [0.25, 0.3) is 5.91 Å². The van der Waals surface area contributed by atoms with Crippen molar-refractivity contribution < 1.29 is 9.59 Å². The maximum absolute atomic E-state index is 12.5. The zero-order valence-corrected chi connectivity index (χ0v) is 16.9. The Morgan fingerprint density at radius 2 is 1.67 bits per heavy atom. The van der Waals surface area contributed by atoms with Crippen molar-refractivity contribution in [3.8, 4) is 0 Å². The van der Waals surface area contributed by atoms with E-state index in [4.69, 9.17) is 0 Å². The SMILES string of the molecule is O=C(NCc1cccc2ccccc12)NCC1CCN(C(=O)c2ccncc2)CC1. The maximum atomic E-state index is 12.5. The second-order valence-electron chi connectivity index (χ2n) is 7.67. The normalized spacial score (nSPS) is 14.5. The molecule has 30 heavy (non-hydrogen) atoms. The lowest BCUT2D eigenvalue weighted by atomic mass is 9.96. The smallest absolute Gasteiger partial charge is 0.315 e. The number of hydrogen-bond donors (Lipinski definition) is 2. The summed E-state index contributed by atoms with van der Waals surface area (Å²) >= 11 is 0. The number of nitrogens with one attached hydrogen (secondary N) is 2. The summed E-state index contributed by atoms with van der Waals surface area (Å²) < 4.78 is 0. The number of carbonyl (C=O) groups excluding carboxylic acids is 2. The number of piperidine rings is 1. The quantitative estimate of drug-likeness (QED) is 0.685. The Balaban J connectivity index is 1.21. The van der Waals surface area contributed by atoms with E-state index in [2.05, 4.69) is 33.8 Å². The molecule has 2 N–H and O–H groups in total. The Morgan fingerprint density at radius 3 is 2.47 bits per heavy atom. The van der Waals surface area contributed by atoms with Crippen LogP contribution in [-0.4, -0.2) is 41.5 Å². The minimum atomic E-state index is -0.154. The van der Waals surface area contributed by atoms with E-state index in [1.807, 2.05) is 29.2 Å². The van der Waals surface area contributed by atoms with Crippen LogP contribution in [0.15, 0.2) is 67.0 Å². The Morgan fingerprint density at radius 1 is 0.933 bits per heavy atom. The van der Waals surface area contributed by atoms with Gasteiger partial charge < -0.3 is 15.5 Å². The molecule has 0 unspecified atom stereocenters. The summed E-state index contributed by atoms with van der Waals surface area (Å²) in [5.74, 6) is 0.437. The van der Waals surface area contributed by atoms with Crippen molar-refractivity contribution in [2.75, 3.05) is 19.6 Å². The number of rotatable bonds is 5. The van der Waals surface area contributed by atoms with E-state index < -0.39 is 0 Å². The molecule has 1 aromatic heterocycles. The number of urea groups is 1. The topological polar surface area (TPSA) is 74.3 Å². The summed E-state index contributed by atoms with van der Waals surface area (Å²) in [5, 5.41) is 8.27. The van der Waals surface area contributed by atoms with Crippen LogP contribution in [0.5, 0.6) is 0 Å². The van der Waals surface area contributed by atoms with Crippen molar-refractivity contribution in [3.05, 3.63) is 78.1 Å². The summed E-state index contributed by atoms with van der Waals surface area (Å²) in [4.78, 5) is 30.6. The standard InChI is InChI=1S/C24H26N4O2/c29-23(20-8-12-25-13-9-20)28-14-10-18(11-15-28)16-26-24(30)27-17-21-6-3-5-19-4-1-2-7-22(19)21/h1-9,12-13,18H,10-11,14-17H2,(H2,26,27,30). The molecule has 1 aliphatic rings. The summed E-state index contributed by atoms with van der Waals surface area (Å²) in [5.41, 5.74) is 1.78. The number of carbonyl (C=O) groups is 2. The predicted octanol–water partition coefficient (Wildman–Crippen LogP) is 3.59. The van der Waals surface area contributed by atoms with E-state index in [1.54, 1.807) is 24.5 Å². The number of aromatic nitrogens is 1. The molecule has 3 amide bonds. The van der Waals surface area contributed by atoms with Gasteiger partial charge in [0.1, 0.15) is 0 Å². The second-order valence-corrected chi connectivity index (χ2v) is 7.67. The van der Waals surface area contributed by atoms with Crippen molar-refractivity contribution in [1.82, 2.24) is 20.5 Å². The summed E-state index contributed by atoms with van der Waals surface area (Å²) in [6.07, 6.45) is 5.06. The number of nitrogens with zero attached hydrogens (tertiary/aromatic N) is 2. The third-order valence-corrected chi connectivity index (χ3v) is 5.70. The highest BCUT2D eigenvalue weighted by molar-refractivity contribution is 5.94. The molecule has 0 bridgehead atoms. The number of amides is 3. The van der Waals surface area contributed by atoms with Crippen LogP contribution in [0.1, 0.15) is 28.8 Å². The van der Waals surface area contributed by atoms with Crippen LogP contribution in [0.2, 0.25) is 0 Å². The Hall–Kier alpha value is -3.41. The molecule has 6 heteroatoms. The van der Waals surface area contributed by atoms with Gasteiger partial charge in [0.2, 0.25) is 0 Å². The second kappa shape index (κ2) is 9.39. The highest BCUT2D eigenvalue weighted by atomic mass is 16.2. The minimum Gasteiger partial charge on any atom is -0.339 e. The number of likely N-dealkylation sites (tertiary alicyclic amines) is 1. The van der Waals surface area contributed by atoms with Crippen molar-refractivity contribution in [1.29, 1.82) is 0 Å². The van der Waals surface area contributed by atoms with Gasteiger partial charge in [0.15, 0.2) is 0 Å². The van der Waals surface area contributed by atoms with E-state index in [-0.39, 0.29) is 11.9 Å². The lowest BCUT2D eigenvalue weighted by Crippen LogP contribution is -2.43. The van der Waals surface area contributed by atoms with Gasteiger partial charge in [-0.25, -0.2) is 4.79 Å². The van der Waals surface area contributed by atoms with Gasteiger partial charge in [0, 0.05) is 44.1 Å². The third-order valence-electron chi connectivity index (χ3n) is 5.70. The molecule has 3 aromatic rings. The van der Waals surface area contributed by atoms with E-state index >= 15 is 0 Å². The predicted molar refractivity (Wildman–Crippen MR) is 117 cm³/mol. The average molecular weight is 402 g/mol. The first-order valence-corrected chi connectivity index (χ1v) is 10.4. The fraction of sp³-hybridized carbons (Fsp3) is 0.292. The highest BCUT2D eigenvalue weighted by Gasteiger charge is 2.23. The molecule has 0 saturated carbocycles. The fourth-order valence-electron chi connectivity index (χ4n) is 3.94. The Bertz CT molecular complexity index is 1010. The summed E-state index contributed by atoms with van der Waals surface area (Å²) in [7, 11) is 0. The monoisotopic (exact) mass is 402 g/mol. The Kier molecular flexibility index (Phi) is 6.23. The minimum absolute atomic E-state index is 0.0524. The average Bonchev–Trinajstić information content (AvgIpc) is 2.82. The van der Waals surface area contributed by atoms with Gasteiger partial charge in [-0.15, -0.1) is 0 Å². The number of hydrogen-bond acceptors (Lipinski definition) is 3. The van der Waals surface area contributed by atoms with Gasteiger partial charge in [0.05, 0.1) is 0 Å². The number of benzene rings is 2. The number of pyridine rings is 1. The first-order valence-electron chi connectivity index (χ1n) is 10.4. The molecule has 2 heterocycles. The van der Waals surface area contributed by atoms with Crippen LogP contribution in [0.25, 0.3) is 10.8 Å². The van der Waals surface area contributed by atoms with E-state index in [9.17, 15) is 9.59 Å². The van der Waals surface area contributed by atoms with Crippen molar-refractivity contribution in [2.45, 2.75) is 19.4 Å². The van der Waals surface area contributed by atoms with Crippen molar-refractivity contribution >= 4 is 22.7 Å². The molecule has 154 valence electrons. The van der Waals surface area contributed by atoms with Crippen LogP contribution in [0.3, 0.4) is 0 Å². The van der Waals surface area contributed by atoms with Crippen LogP contribution in [0.4, 0.5) is 4.79 Å². The van der Waals surface area contributed by atoms with Gasteiger partial charge in [-0.3, -0.25) is 9.78 Å². The lowest BCUT2D eigenvalue weighted by molar-refractivity contribution is 0.0690.